The summed E-state index contributed by atoms with van der Waals surface area (Å²) in [6.07, 6.45) is 6.76. The van der Waals surface area contributed by atoms with Gasteiger partial charge in [0, 0.05) is 22.5 Å². The zero-order chi connectivity index (χ0) is 27.0. The van der Waals surface area contributed by atoms with Gasteiger partial charge in [-0.3, -0.25) is 9.59 Å². The lowest BCUT2D eigenvalue weighted by Gasteiger charge is -2.37. The molecule has 2 amide bonds. The maximum atomic E-state index is 13.9. The van der Waals surface area contributed by atoms with Crippen LogP contribution in [0.4, 0.5) is 0 Å². The fourth-order valence-electron chi connectivity index (χ4n) is 10.00. The molecule has 2 aliphatic heterocycles. The summed E-state index contributed by atoms with van der Waals surface area (Å²) in [5.74, 6) is -0.658. The maximum absolute atomic E-state index is 13.9. The van der Waals surface area contributed by atoms with Gasteiger partial charge in [-0.1, -0.05) is 41.0 Å². The first-order valence-corrected chi connectivity index (χ1v) is 17.1. The molecule has 6 aliphatic rings. The van der Waals surface area contributed by atoms with E-state index in [9.17, 15) is 26.4 Å². The molecule has 0 unspecified atom stereocenters. The van der Waals surface area contributed by atoms with Gasteiger partial charge in [0.25, 0.3) is 11.8 Å². The maximum Gasteiger partial charge on any atom is 0.263 e. The van der Waals surface area contributed by atoms with E-state index in [4.69, 9.17) is 0 Å². The van der Waals surface area contributed by atoms with E-state index >= 15 is 0 Å². The summed E-state index contributed by atoms with van der Waals surface area (Å²) >= 11 is 0. The summed E-state index contributed by atoms with van der Waals surface area (Å²) < 4.78 is 55.7. The number of rotatable bonds is 4. The van der Waals surface area contributed by atoms with Crippen molar-refractivity contribution < 1.29 is 26.4 Å². The van der Waals surface area contributed by atoms with Gasteiger partial charge in [-0.25, -0.2) is 25.4 Å². The van der Waals surface area contributed by atoms with Gasteiger partial charge in [-0.2, -0.15) is 0 Å². The Labute approximate surface area is 221 Å². The molecule has 2 heterocycles. The van der Waals surface area contributed by atoms with E-state index in [0.717, 1.165) is 40.4 Å². The van der Waals surface area contributed by atoms with Crippen molar-refractivity contribution in [2.75, 3.05) is 11.5 Å². The van der Waals surface area contributed by atoms with Gasteiger partial charge in [0.2, 0.25) is 20.0 Å². The van der Waals surface area contributed by atoms with Crippen LogP contribution in [0.5, 0.6) is 0 Å². The monoisotopic (exact) mass is 552 g/mol. The summed E-state index contributed by atoms with van der Waals surface area (Å²) in [4.78, 5) is 27.6. The summed E-state index contributed by atoms with van der Waals surface area (Å²) in [7, 11) is -7.67. The van der Waals surface area contributed by atoms with Crippen molar-refractivity contribution in [1.29, 1.82) is 0 Å². The van der Waals surface area contributed by atoms with Crippen LogP contribution in [0.25, 0.3) is 0 Å². The molecule has 2 spiro atoms. The van der Waals surface area contributed by atoms with Crippen molar-refractivity contribution in [2.45, 2.75) is 98.1 Å². The van der Waals surface area contributed by atoms with Crippen molar-refractivity contribution in [3.05, 3.63) is 11.6 Å². The van der Waals surface area contributed by atoms with Gasteiger partial charge < -0.3 is 0 Å². The van der Waals surface area contributed by atoms with Crippen molar-refractivity contribution in [3.63, 3.8) is 0 Å². The van der Waals surface area contributed by atoms with Crippen LogP contribution >= 0.6 is 0 Å². The Kier molecular flexibility index (Phi) is 5.17. The molecule has 8 nitrogen and oxygen atoms in total. The van der Waals surface area contributed by atoms with Crippen LogP contribution in [0, 0.1) is 33.5 Å². The summed E-state index contributed by atoms with van der Waals surface area (Å²) in [5, 5.41) is 0. The van der Waals surface area contributed by atoms with E-state index in [1.807, 2.05) is 6.92 Å². The largest absolute Gasteiger partial charge is 0.269 e. The van der Waals surface area contributed by atoms with Gasteiger partial charge in [0.15, 0.2) is 0 Å². The highest BCUT2D eigenvalue weighted by atomic mass is 32.2. The van der Waals surface area contributed by atoms with Crippen molar-refractivity contribution in [3.8, 4) is 0 Å². The molecule has 4 saturated carbocycles. The van der Waals surface area contributed by atoms with Crippen molar-refractivity contribution in [1.82, 2.24) is 8.61 Å². The number of carbonyl (C=O) groups excluding carboxylic acids is 2. The molecule has 10 heteroatoms. The first kappa shape index (κ1) is 25.8. The van der Waals surface area contributed by atoms with Crippen LogP contribution in [0.2, 0.25) is 0 Å². The van der Waals surface area contributed by atoms with Crippen LogP contribution in [-0.2, 0) is 29.6 Å². The number of fused-ring (bicyclic) bond motifs is 2. The fourth-order valence-corrected chi connectivity index (χ4v) is 15.0. The molecule has 2 saturated heterocycles. The molecule has 0 N–H and O–H groups in total. The fraction of sp³-hybridized carbons (Fsp3) is 0.852. The number of nitrogens with zero attached hydrogens (tertiary/aromatic N) is 2. The van der Waals surface area contributed by atoms with Crippen LogP contribution in [0.1, 0.15) is 86.0 Å². The highest BCUT2D eigenvalue weighted by Crippen LogP contribution is 2.71. The molecule has 0 aromatic rings. The molecule has 0 aromatic heterocycles. The second-order valence-electron chi connectivity index (χ2n) is 13.9. The predicted octanol–water partition coefficient (Wildman–Crippen LogP) is 3.45. The molecule has 4 aliphatic carbocycles. The quantitative estimate of drug-likeness (QED) is 0.494. The zero-order valence-electron chi connectivity index (χ0n) is 22.6. The van der Waals surface area contributed by atoms with Gasteiger partial charge >= 0.3 is 0 Å². The molecule has 37 heavy (non-hydrogen) atoms. The molecular weight excluding hydrogens is 512 g/mol. The Hall–Kier alpha value is -1.42. The van der Waals surface area contributed by atoms with Crippen LogP contribution in [0.15, 0.2) is 11.6 Å². The average Bonchev–Trinajstić information content (AvgIpc) is 3.46. The predicted molar refractivity (Wildman–Crippen MR) is 139 cm³/mol. The normalized spacial score (nSPS) is 43.3. The smallest absolute Gasteiger partial charge is 0.263 e. The number of amides is 2. The van der Waals surface area contributed by atoms with E-state index in [1.54, 1.807) is 0 Å². The van der Waals surface area contributed by atoms with E-state index in [0.29, 0.717) is 31.1 Å². The number of sulfonamides is 2. The molecule has 6 fully saturated rings. The highest BCUT2D eigenvalue weighted by Gasteiger charge is 2.73. The Morgan fingerprint density at radius 1 is 0.811 bits per heavy atom. The van der Waals surface area contributed by atoms with E-state index in [1.165, 1.54) is 0 Å². The van der Waals surface area contributed by atoms with E-state index in [-0.39, 0.29) is 40.4 Å². The SMILES string of the molecule is CCC/C(=C\C(=O)N1[C@@H]2C[C@H]3CC[C@]2(CS1(=O)=O)C3(C)C)C(=O)N1[C@@H]2C[C@H]3CC[C@]2(CS1(=O)=O)C3(C)C. The van der Waals surface area contributed by atoms with Gasteiger partial charge in [-0.15, -0.1) is 0 Å². The van der Waals surface area contributed by atoms with Crippen molar-refractivity contribution >= 4 is 31.9 Å². The lowest BCUT2D eigenvalue weighted by molar-refractivity contribution is -0.127. The minimum Gasteiger partial charge on any atom is -0.269 e. The van der Waals surface area contributed by atoms with Gasteiger partial charge in [0.05, 0.1) is 23.6 Å². The molecular formula is C27H40N2O6S2. The summed E-state index contributed by atoms with van der Waals surface area (Å²) in [6.45, 7) is 10.4. The van der Waals surface area contributed by atoms with Crippen LogP contribution in [-0.4, -0.2) is 60.8 Å². The minimum absolute atomic E-state index is 0.0329. The van der Waals surface area contributed by atoms with E-state index < -0.39 is 48.7 Å². The third kappa shape index (κ3) is 2.95. The molecule has 6 rings (SSSR count). The molecule has 6 atom stereocenters. The Morgan fingerprint density at radius 2 is 1.27 bits per heavy atom. The van der Waals surface area contributed by atoms with Crippen LogP contribution < -0.4 is 0 Å². The summed E-state index contributed by atoms with van der Waals surface area (Å²) in [5.41, 5.74) is -1.14. The molecule has 4 bridgehead atoms. The molecule has 0 aromatic carbocycles. The van der Waals surface area contributed by atoms with E-state index in [2.05, 4.69) is 27.7 Å². The second-order valence-corrected chi connectivity index (χ2v) is 17.6. The minimum atomic E-state index is -3.84. The third-order valence-corrected chi connectivity index (χ3v) is 16.1. The first-order chi connectivity index (χ1) is 17.1. The Balaban J connectivity index is 1.35. The first-order valence-electron chi connectivity index (χ1n) is 13.9. The highest BCUT2D eigenvalue weighted by molar-refractivity contribution is 7.90. The van der Waals surface area contributed by atoms with Gasteiger partial charge in [-0.05, 0) is 67.6 Å². The Bertz CT molecular complexity index is 1330. The lowest BCUT2D eigenvalue weighted by atomic mass is 9.69. The number of carbonyl (C=O) groups is 2. The molecule has 206 valence electrons. The average molecular weight is 553 g/mol. The van der Waals surface area contributed by atoms with Gasteiger partial charge in [0.1, 0.15) is 0 Å². The topological polar surface area (TPSA) is 109 Å². The van der Waals surface area contributed by atoms with Crippen molar-refractivity contribution in [2.24, 2.45) is 33.5 Å². The summed E-state index contributed by atoms with van der Waals surface area (Å²) in [6, 6.07) is -0.780. The third-order valence-electron chi connectivity index (χ3n) is 12.3. The number of hydrogen-bond acceptors (Lipinski definition) is 6. The lowest BCUT2D eigenvalue weighted by Crippen LogP contribution is -2.45. The Morgan fingerprint density at radius 3 is 1.73 bits per heavy atom. The zero-order valence-corrected chi connectivity index (χ0v) is 24.3. The van der Waals surface area contributed by atoms with Crippen LogP contribution in [0.3, 0.4) is 0 Å². The standard InChI is InChI=1S/C27H40N2O6S2/c1-6-7-17(23(31)29-21-14-19-9-11-27(21,25(19,4)5)16-37(29,34)35)12-22(30)28-20-13-18-8-10-26(20,24(18,2)3)15-36(28,32)33/h12,18-21H,6-11,13-16H2,1-5H3/b17-12+/t18-,19-,20-,21-,26-,27-/m1/s1. The molecule has 0 radical (unpaired) electrons. The number of hydrogen-bond donors (Lipinski definition) is 0. The second kappa shape index (κ2) is 7.40.